The Balaban J connectivity index is 1.95. The van der Waals surface area contributed by atoms with Crippen LogP contribution in [0.5, 0.6) is 5.75 Å². The van der Waals surface area contributed by atoms with Gasteiger partial charge in [-0.25, -0.2) is 9.59 Å². The number of hydrogen-bond donors (Lipinski definition) is 3. The second-order valence-corrected chi connectivity index (χ2v) is 6.18. The minimum absolute atomic E-state index is 0.114. The monoisotopic (exact) mass is 388 g/mol. The molecule has 1 aliphatic rings. The van der Waals surface area contributed by atoms with Gasteiger partial charge in [0.2, 0.25) is 0 Å². The summed E-state index contributed by atoms with van der Waals surface area (Å²) in [6.45, 7) is -0.455. The lowest BCUT2D eigenvalue weighted by atomic mass is 9.90. The highest BCUT2D eigenvalue weighted by molar-refractivity contribution is 5.99. The SMILES string of the molecule is C[C@@H](OC(=O)c1cc2c(cc1O)CCCC2)C(=O)NC(=O)NCC(F)(F)F. The number of carbonyl (C=O) groups excluding carboxylic acids is 3. The van der Waals surface area contributed by atoms with Crippen LogP contribution in [0.1, 0.15) is 41.3 Å². The third-order valence-corrected chi connectivity index (χ3v) is 4.02. The largest absolute Gasteiger partial charge is 0.507 e. The number of aromatic hydroxyl groups is 1. The van der Waals surface area contributed by atoms with Crippen LogP contribution in [-0.4, -0.2) is 41.8 Å². The number of aryl methyl sites for hydroxylation is 2. The lowest BCUT2D eigenvalue weighted by molar-refractivity contribution is -0.129. The first-order chi connectivity index (χ1) is 12.6. The van der Waals surface area contributed by atoms with Crippen LogP contribution in [-0.2, 0) is 22.4 Å². The zero-order valence-electron chi connectivity index (χ0n) is 14.5. The number of ether oxygens (including phenoxy) is 1. The Kier molecular flexibility index (Phi) is 6.29. The quantitative estimate of drug-likeness (QED) is 0.686. The number of phenols is 1. The fraction of sp³-hybridized carbons (Fsp3) is 0.471. The number of nitrogens with one attached hydrogen (secondary N) is 2. The van der Waals surface area contributed by atoms with Gasteiger partial charge < -0.3 is 15.2 Å². The maximum absolute atomic E-state index is 12.2. The van der Waals surface area contributed by atoms with Crippen LogP contribution in [0.15, 0.2) is 12.1 Å². The van der Waals surface area contributed by atoms with E-state index in [9.17, 15) is 32.7 Å². The molecule has 0 saturated carbocycles. The first-order valence-corrected chi connectivity index (χ1v) is 8.28. The maximum Gasteiger partial charge on any atom is 0.405 e. The minimum Gasteiger partial charge on any atom is -0.507 e. The number of imide groups is 1. The van der Waals surface area contributed by atoms with E-state index in [0.29, 0.717) is 0 Å². The topological polar surface area (TPSA) is 105 Å². The van der Waals surface area contributed by atoms with Gasteiger partial charge >= 0.3 is 18.2 Å². The average molecular weight is 388 g/mol. The Morgan fingerprint density at radius 1 is 1.19 bits per heavy atom. The van der Waals surface area contributed by atoms with Crippen molar-refractivity contribution in [3.63, 3.8) is 0 Å². The van der Waals surface area contributed by atoms with E-state index in [2.05, 4.69) is 0 Å². The molecule has 0 heterocycles. The summed E-state index contributed by atoms with van der Waals surface area (Å²) >= 11 is 0. The molecule has 148 valence electrons. The summed E-state index contributed by atoms with van der Waals surface area (Å²) in [7, 11) is 0. The van der Waals surface area contributed by atoms with Crippen molar-refractivity contribution in [2.45, 2.75) is 44.9 Å². The number of benzene rings is 1. The lowest BCUT2D eigenvalue weighted by Gasteiger charge is -2.18. The summed E-state index contributed by atoms with van der Waals surface area (Å²) < 4.78 is 40.9. The second-order valence-electron chi connectivity index (χ2n) is 6.18. The van der Waals surface area contributed by atoms with Crippen LogP contribution >= 0.6 is 0 Å². The van der Waals surface area contributed by atoms with Crippen LogP contribution in [0.3, 0.4) is 0 Å². The van der Waals surface area contributed by atoms with E-state index >= 15 is 0 Å². The zero-order chi connectivity index (χ0) is 20.2. The average Bonchev–Trinajstić information content (AvgIpc) is 2.58. The molecular weight excluding hydrogens is 369 g/mol. The van der Waals surface area contributed by atoms with E-state index < -0.39 is 36.7 Å². The van der Waals surface area contributed by atoms with E-state index in [1.165, 1.54) is 17.4 Å². The van der Waals surface area contributed by atoms with Crippen LogP contribution in [0.4, 0.5) is 18.0 Å². The predicted octanol–water partition coefficient (Wildman–Crippen LogP) is 2.20. The third kappa shape index (κ3) is 5.87. The van der Waals surface area contributed by atoms with Gasteiger partial charge in [-0.1, -0.05) is 0 Å². The number of urea groups is 1. The van der Waals surface area contributed by atoms with E-state index in [0.717, 1.165) is 43.7 Å². The highest BCUT2D eigenvalue weighted by Gasteiger charge is 2.29. The zero-order valence-corrected chi connectivity index (χ0v) is 14.5. The summed E-state index contributed by atoms with van der Waals surface area (Å²) in [5, 5.41) is 13.1. The van der Waals surface area contributed by atoms with Gasteiger partial charge in [0.05, 0.1) is 0 Å². The van der Waals surface area contributed by atoms with Crippen LogP contribution < -0.4 is 10.6 Å². The number of fused-ring (bicyclic) bond motifs is 1. The summed E-state index contributed by atoms with van der Waals surface area (Å²) in [5.41, 5.74) is 1.74. The molecule has 0 radical (unpaired) electrons. The summed E-state index contributed by atoms with van der Waals surface area (Å²) in [6, 6.07) is 1.63. The Hall–Kier alpha value is -2.78. The van der Waals surface area contributed by atoms with E-state index in [1.807, 2.05) is 0 Å². The number of carbonyl (C=O) groups is 3. The molecule has 0 bridgehead atoms. The van der Waals surface area contributed by atoms with Gasteiger partial charge in [0.1, 0.15) is 17.9 Å². The fourth-order valence-corrected chi connectivity index (χ4v) is 2.65. The van der Waals surface area contributed by atoms with Gasteiger partial charge in [-0.05, 0) is 55.9 Å². The van der Waals surface area contributed by atoms with E-state index in [-0.39, 0.29) is 11.3 Å². The van der Waals surface area contributed by atoms with Crippen molar-refractivity contribution in [2.24, 2.45) is 0 Å². The molecule has 0 aliphatic heterocycles. The lowest BCUT2D eigenvalue weighted by Crippen LogP contribution is -2.47. The van der Waals surface area contributed by atoms with Crippen molar-refractivity contribution >= 4 is 17.9 Å². The molecule has 1 aromatic rings. The number of phenolic OH excluding ortho intramolecular Hbond substituents is 1. The summed E-state index contributed by atoms with van der Waals surface area (Å²) in [4.78, 5) is 35.2. The number of rotatable bonds is 4. The normalized spacial score (nSPS) is 14.7. The number of hydrogen-bond acceptors (Lipinski definition) is 5. The van der Waals surface area contributed by atoms with Crippen molar-refractivity contribution in [3.05, 3.63) is 28.8 Å². The molecule has 0 spiro atoms. The van der Waals surface area contributed by atoms with Crippen molar-refractivity contribution < 1.29 is 37.4 Å². The smallest absolute Gasteiger partial charge is 0.405 e. The fourth-order valence-electron chi connectivity index (χ4n) is 2.65. The molecule has 1 aliphatic carbocycles. The highest BCUT2D eigenvalue weighted by atomic mass is 19.4. The third-order valence-electron chi connectivity index (χ3n) is 4.02. The molecule has 0 unspecified atom stereocenters. The maximum atomic E-state index is 12.2. The van der Waals surface area contributed by atoms with Crippen LogP contribution in [0.25, 0.3) is 0 Å². The number of alkyl halides is 3. The molecule has 0 saturated heterocycles. The van der Waals surface area contributed by atoms with Crippen LogP contribution in [0.2, 0.25) is 0 Å². The number of halogens is 3. The van der Waals surface area contributed by atoms with Gasteiger partial charge in [-0.15, -0.1) is 0 Å². The van der Waals surface area contributed by atoms with Gasteiger partial charge in [0, 0.05) is 0 Å². The molecule has 7 nitrogen and oxygen atoms in total. The summed E-state index contributed by atoms with van der Waals surface area (Å²) in [6.07, 6.45) is -2.58. The van der Waals surface area contributed by atoms with Crippen LogP contribution in [0, 0.1) is 0 Å². The van der Waals surface area contributed by atoms with Gasteiger partial charge in [-0.3, -0.25) is 10.1 Å². The Morgan fingerprint density at radius 2 is 1.78 bits per heavy atom. The molecule has 3 amide bonds. The molecular formula is C17H19F3N2O5. The Labute approximate surface area is 152 Å². The van der Waals surface area contributed by atoms with Gasteiger partial charge in [0.25, 0.3) is 5.91 Å². The molecule has 1 atom stereocenters. The van der Waals surface area contributed by atoms with Gasteiger partial charge in [-0.2, -0.15) is 13.2 Å². The summed E-state index contributed by atoms with van der Waals surface area (Å²) in [5.74, 6) is -2.35. The van der Waals surface area contributed by atoms with E-state index in [4.69, 9.17) is 4.74 Å². The minimum atomic E-state index is -4.62. The Bertz CT molecular complexity index is 749. The first kappa shape index (κ1) is 20.5. The predicted molar refractivity (Wildman–Crippen MR) is 87.2 cm³/mol. The van der Waals surface area contributed by atoms with Crippen molar-refractivity contribution in [1.29, 1.82) is 0 Å². The highest BCUT2D eigenvalue weighted by Crippen LogP contribution is 2.29. The van der Waals surface area contributed by atoms with Gasteiger partial charge in [0.15, 0.2) is 6.10 Å². The van der Waals surface area contributed by atoms with Crippen molar-refractivity contribution in [2.75, 3.05) is 6.54 Å². The number of amides is 3. The molecule has 27 heavy (non-hydrogen) atoms. The number of esters is 1. The molecule has 1 aromatic carbocycles. The standard InChI is InChI=1S/C17H19F3N2O5/c1-9(14(24)22-16(26)21-8-17(18,19)20)27-15(25)12-6-10-4-2-3-5-11(10)7-13(12)23/h6-7,9,23H,2-5,8H2,1H3,(H2,21,22,24,26)/t9-/m1/s1. The molecule has 0 aromatic heterocycles. The molecule has 0 fully saturated rings. The second kappa shape index (κ2) is 8.28. The van der Waals surface area contributed by atoms with E-state index in [1.54, 1.807) is 5.32 Å². The first-order valence-electron chi connectivity index (χ1n) is 8.28. The molecule has 3 N–H and O–H groups in total. The van der Waals surface area contributed by atoms with Crippen molar-refractivity contribution in [3.8, 4) is 5.75 Å². The Morgan fingerprint density at radius 3 is 2.37 bits per heavy atom. The molecule has 10 heteroatoms. The molecule has 2 rings (SSSR count). The van der Waals surface area contributed by atoms with Crippen molar-refractivity contribution in [1.82, 2.24) is 10.6 Å².